The minimum absolute atomic E-state index is 0.111. The van der Waals surface area contributed by atoms with Gasteiger partial charge in [-0.1, -0.05) is 18.3 Å². The van der Waals surface area contributed by atoms with Gasteiger partial charge in [-0.05, 0) is 32.4 Å². The molecule has 2 heterocycles. The molecule has 1 aromatic rings. The number of hydrogen-bond acceptors (Lipinski definition) is 6. The molecule has 0 unspecified atom stereocenters. The number of likely N-dealkylation sites (tertiary alicyclic amines) is 1. The van der Waals surface area contributed by atoms with Crippen LogP contribution in [0.1, 0.15) is 35.9 Å². The second kappa shape index (κ2) is 7.61. The maximum atomic E-state index is 12.2. The van der Waals surface area contributed by atoms with Crippen molar-refractivity contribution in [3.63, 3.8) is 0 Å². The molecule has 1 aliphatic rings. The van der Waals surface area contributed by atoms with Crippen molar-refractivity contribution < 1.29 is 4.79 Å². The lowest BCUT2D eigenvalue weighted by Gasteiger charge is -2.14. The molecule has 0 radical (unpaired) electrons. The maximum absolute atomic E-state index is 12.2. The Morgan fingerprint density at radius 1 is 1.48 bits per heavy atom. The summed E-state index contributed by atoms with van der Waals surface area (Å²) in [5.74, 6) is 0.219. The highest BCUT2D eigenvalue weighted by Gasteiger charge is 2.18. The maximum Gasteiger partial charge on any atom is 0.265 e. The molecule has 7 heteroatoms. The molecule has 21 heavy (non-hydrogen) atoms. The van der Waals surface area contributed by atoms with Crippen LogP contribution in [-0.2, 0) is 0 Å². The number of carbonyl (C=O) groups is 1. The summed E-state index contributed by atoms with van der Waals surface area (Å²) in [6, 6.07) is 0. The first-order chi connectivity index (χ1) is 10.1. The van der Waals surface area contributed by atoms with Crippen LogP contribution in [0.25, 0.3) is 0 Å². The fraction of sp³-hybridized carbons (Fsp3) is 0.714. The Morgan fingerprint density at radius 3 is 2.86 bits per heavy atom. The van der Waals surface area contributed by atoms with Gasteiger partial charge in [-0.25, -0.2) is 4.98 Å². The van der Waals surface area contributed by atoms with Gasteiger partial charge in [0.2, 0.25) is 0 Å². The van der Waals surface area contributed by atoms with Crippen molar-refractivity contribution >= 4 is 28.2 Å². The highest BCUT2D eigenvalue weighted by Crippen LogP contribution is 2.27. The summed E-state index contributed by atoms with van der Waals surface area (Å²) in [7, 11) is 1.97. The molecule has 6 nitrogen and oxygen atoms in total. The molecule has 1 saturated heterocycles. The van der Waals surface area contributed by atoms with E-state index in [2.05, 4.69) is 22.1 Å². The first-order valence-electron chi connectivity index (χ1n) is 7.59. The third-order valence-corrected chi connectivity index (χ3v) is 4.83. The lowest BCUT2D eigenvalue weighted by molar-refractivity contribution is 0.0954. The van der Waals surface area contributed by atoms with Crippen LogP contribution in [0.4, 0.5) is 10.9 Å². The zero-order valence-corrected chi connectivity index (χ0v) is 13.7. The van der Waals surface area contributed by atoms with Gasteiger partial charge in [0.1, 0.15) is 10.7 Å². The molecule has 1 aromatic heterocycles. The minimum Gasteiger partial charge on any atom is -0.382 e. The van der Waals surface area contributed by atoms with Crippen molar-refractivity contribution in [2.75, 3.05) is 50.4 Å². The molecule has 0 aromatic carbocycles. The summed E-state index contributed by atoms with van der Waals surface area (Å²) in [4.78, 5) is 21.4. The number of anilines is 2. The summed E-state index contributed by atoms with van der Waals surface area (Å²) in [6.45, 7) is 6.88. The number of nitrogens with two attached hydrogens (primary N) is 1. The lowest BCUT2D eigenvalue weighted by atomic mass is 10.4. The first kappa shape index (κ1) is 16.0. The average Bonchev–Trinajstić information content (AvgIpc) is 3.08. The molecule has 0 aliphatic carbocycles. The molecular weight excluding hydrogens is 286 g/mol. The SMILES string of the molecule is CCCN(C)c1nc(N)c(C(=O)NCCN2CCCC2)s1. The second-order valence-electron chi connectivity index (χ2n) is 5.44. The minimum atomic E-state index is -0.111. The van der Waals surface area contributed by atoms with Crippen LogP contribution in [0.5, 0.6) is 0 Å². The van der Waals surface area contributed by atoms with Crippen molar-refractivity contribution in [3.8, 4) is 0 Å². The Morgan fingerprint density at radius 2 is 2.19 bits per heavy atom. The summed E-state index contributed by atoms with van der Waals surface area (Å²) < 4.78 is 0. The Bertz CT molecular complexity index is 470. The normalized spacial score (nSPS) is 15.3. The van der Waals surface area contributed by atoms with Gasteiger partial charge < -0.3 is 20.9 Å². The highest BCUT2D eigenvalue weighted by molar-refractivity contribution is 7.18. The van der Waals surface area contributed by atoms with Crippen LogP contribution < -0.4 is 16.0 Å². The van der Waals surface area contributed by atoms with Crippen LogP contribution in [0.15, 0.2) is 0 Å². The smallest absolute Gasteiger partial charge is 0.265 e. The van der Waals surface area contributed by atoms with Gasteiger partial charge in [-0.2, -0.15) is 0 Å². The fourth-order valence-corrected chi connectivity index (χ4v) is 3.38. The van der Waals surface area contributed by atoms with Gasteiger partial charge in [-0.3, -0.25) is 4.79 Å². The van der Waals surface area contributed by atoms with Crippen molar-refractivity contribution in [3.05, 3.63) is 4.88 Å². The zero-order valence-electron chi connectivity index (χ0n) is 12.9. The summed E-state index contributed by atoms with van der Waals surface area (Å²) in [5, 5.41) is 3.75. The average molecular weight is 311 g/mol. The number of nitrogens with zero attached hydrogens (tertiary/aromatic N) is 3. The number of nitrogens with one attached hydrogen (secondary N) is 1. The molecule has 0 atom stereocenters. The van der Waals surface area contributed by atoms with Crippen LogP contribution in [0.2, 0.25) is 0 Å². The number of carbonyl (C=O) groups excluding carboxylic acids is 1. The van der Waals surface area contributed by atoms with E-state index in [9.17, 15) is 4.79 Å². The summed E-state index contributed by atoms with van der Waals surface area (Å²) >= 11 is 1.36. The van der Waals surface area contributed by atoms with Crippen LogP contribution in [0, 0.1) is 0 Å². The quantitative estimate of drug-likeness (QED) is 0.796. The summed E-state index contributed by atoms with van der Waals surface area (Å²) in [6.07, 6.45) is 3.57. The van der Waals surface area contributed by atoms with Crippen LogP contribution in [0.3, 0.4) is 0 Å². The number of rotatable bonds is 7. The van der Waals surface area contributed by atoms with E-state index >= 15 is 0 Å². The molecule has 0 bridgehead atoms. The van der Waals surface area contributed by atoms with E-state index in [0.717, 1.165) is 37.7 Å². The number of amides is 1. The van der Waals surface area contributed by atoms with Gasteiger partial charge in [-0.15, -0.1) is 0 Å². The molecule has 0 spiro atoms. The third-order valence-electron chi connectivity index (χ3n) is 3.65. The second-order valence-corrected chi connectivity index (χ2v) is 6.41. The molecule has 2 rings (SSSR count). The monoisotopic (exact) mass is 311 g/mol. The van der Waals surface area contributed by atoms with Crippen molar-refractivity contribution in [2.45, 2.75) is 26.2 Å². The molecule has 1 amide bonds. The van der Waals surface area contributed by atoms with E-state index < -0.39 is 0 Å². The lowest BCUT2D eigenvalue weighted by Crippen LogP contribution is -2.33. The van der Waals surface area contributed by atoms with Gasteiger partial charge in [0.05, 0.1) is 0 Å². The molecular formula is C14H25N5OS. The standard InChI is InChI=1S/C14H25N5OS/c1-3-7-18(2)14-17-12(15)11(21-14)13(20)16-6-10-19-8-4-5-9-19/h3-10,15H2,1-2H3,(H,16,20). The van der Waals surface area contributed by atoms with Gasteiger partial charge in [0.15, 0.2) is 5.13 Å². The highest BCUT2D eigenvalue weighted by atomic mass is 32.1. The largest absolute Gasteiger partial charge is 0.382 e. The van der Waals surface area contributed by atoms with E-state index in [-0.39, 0.29) is 5.91 Å². The first-order valence-corrected chi connectivity index (χ1v) is 8.41. The Kier molecular flexibility index (Phi) is 5.81. The summed E-state index contributed by atoms with van der Waals surface area (Å²) in [5.41, 5.74) is 5.87. The number of thiazole rings is 1. The molecule has 0 saturated carbocycles. The fourth-order valence-electron chi connectivity index (χ4n) is 2.49. The topological polar surface area (TPSA) is 74.5 Å². The zero-order chi connectivity index (χ0) is 15.2. The number of hydrogen-bond donors (Lipinski definition) is 2. The van der Waals surface area contributed by atoms with E-state index in [1.54, 1.807) is 0 Å². The Hall–Kier alpha value is -1.34. The van der Waals surface area contributed by atoms with E-state index in [0.29, 0.717) is 17.2 Å². The van der Waals surface area contributed by atoms with Gasteiger partial charge >= 0.3 is 0 Å². The van der Waals surface area contributed by atoms with E-state index in [4.69, 9.17) is 5.73 Å². The molecule has 118 valence electrons. The van der Waals surface area contributed by atoms with Gasteiger partial charge in [0.25, 0.3) is 5.91 Å². The van der Waals surface area contributed by atoms with Gasteiger partial charge in [0, 0.05) is 26.7 Å². The molecule has 3 N–H and O–H groups in total. The molecule has 1 aliphatic heterocycles. The predicted molar refractivity (Wildman–Crippen MR) is 88.1 cm³/mol. The Balaban J connectivity index is 1.86. The van der Waals surface area contributed by atoms with Crippen LogP contribution >= 0.6 is 11.3 Å². The van der Waals surface area contributed by atoms with Crippen LogP contribution in [-0.4, -0.2) is 55.6 Å². The molecule has 1 fully saturated rings. The number of aromatic nitrogens is 1. The predicted octanol–water partition coefficient (Wildman–Crippen LogP) is 1.40. The number of nitrogen functional groups attached to an aromatic ring is 1. The third kappa shape index (κ3) is 4.31. The van der Waals surface area contributed by atoms with Crippen molar-refractivity contribution in [1.29, 1.82) is 0 Å². The van der Waals surface area contributed by atoms with E-state index in [1.165, 1.54) is 24.2 Å². The van der Waals surface area contributed by atoms with Crippen molar-refractivity contribution in [2.24, 2.45) is 0 Å². The Labute approximate surface area is 130 Å². The van der Waals surface area contributed by atoms with Crippen molar-refractivity contribution in [1.82, 2.24) is 15.2 Å². The van der Waals surface area contributed by atoms with E-state index in [1.807, 2.05) is 11.9 Å².